The highest BCUT2D eigenvalue weighted by Crippen LogP contribution is 2.27. The SMILES string of the molecule is COC(=O)c1ccc(Cc2nccc(-c3ccc(OC4CCOCC4)c(C#N)c3)n2)cn1. The highest BCUT2D eigenvalue weighted by atomic mass is 16.5. The first-order chi connectivity index (χ1) is 15.7. The Morgan fingerprint density at radius 2 is 2.03 bits per heavy atom. The van der Waals surface area contributed by atoms with E-state index in [4.69, 9.17) is 9.47 Å². The number of hydrogen-bond acceptors (Lipinski definition) is 8. The quantitative estimate of drug-likeness (QED) is 0.548. The van der Waals surface area contributed by atoms with Gasteiger partial charge in [0.1, 0.15) is 29.4 Å². The fraction of sp³-hybridized carbons (Fsp3) is 0.292. The maximum Gasteiger partial charge on any atom is 0.356 e. The van der Waals surface area contributed by atoms with Gasteiger partial charge in [0.2, 0.25) is 0 Å². The van der Waals surface area contributed by atoms with E-state index in [1.807, 2.05) is 12.1 Å². The monoisotopic (exact) mass is 430 g/mol. The molecule has 8 heteroatoms. The first-order valence-corrected chi connectivity index (χ1v) is 10.3. The molecular weight excluding hydrogens is 408 g/mol. The predicted molar refractivity (Wildman–Crippen MR) is 115 cm³/mol. The topological polar surface area (TPSA) is 107 Å². The summed E-state index contributed by atoms with van der Waals surface area (Å²) < 4.78 is 16.1. The first-order valence-electron chi connectivity index (χ1n) is 10.3. The second kappa shape index (κ2) is 9.98. The molecule has 32 heavy (non-hydrogen) atoms. The highest BCUT2D eigenvalue weighted by Gasteiger charge is 2.17. The average Bonchev–Trinajstić information content (AvgIpc) is 2.85. The maximum absolute atomic E-state index is 11.5. The third-order valence-corrected chi connectivity index (χ3v) is 5.14. The van der Waals surface area contributed by atoms with Crippen molar-refractivity contribution in [3.63, 3.8) is 0 Å². The van der Waals surface area contributed by atoms with Crippen molar-refractivity contribution in [2.45, 2.75) is 25.4 Å². The van der Waals surface area contributed by atoms with Crippen LogP contribution >= 0.6 is 0 Å². The van der Waals surface area contributed by atoms with Crippen molar-refractivity contribution in [3.05, 3.63) is 71.4 Å². The molecule has 2 aromatic heterocycles. The second-order valence-electron chi connectivity index (χ2n) is 7.33. The summed E-state index contributed by atoms with van der Waals surface area (Å²) in [5, 5.41) is 9.62. The molecule has 0 atom stereocenters. The smallest absolute Gasteiger partial charge is 0.356 e. The molecule has 8 nitrogen and oxygen atoms in total. The molecular formula is C24H22N4O4. The lowest BCUT2D eigenvalue weighted by molar-refractivity contribution is 0.0254. The van der Waals surface area contributed by atoms with Crippen molar-refractivity contribution in [1.29, 1.82) is 5.26 Å². The van der Waals surface area contributed by atoms with Gasteiger partial charge in [-0.25, -0.2) is 19.7 Å². The number of aromatic nitrogens is 3. The first kappa shape index (κ1) is 21.4. The molecule has 0 aliphatic carbocycles. The van der Waals surface area contributed by atoms with E-state index >= 15 is 0 Å². The van der Waals surface area contributed by atoms with E-state index in [9.17, 15) is 10.1 Å². The summed E-state index contributed by atoms with van der Waals surface area (Å²) in [6.07, 6.45) is 5.45. The summed E-state index contributed by atoms with van der Waals surface area (Å²) in [5.74, 6) is 0.706. The molecule has 4 rings (SSSR count). The second-order valence-corrected chi connectivity index (χ2v) is 7.33. The number of benzene rings is 1. The molecule has 3 aromatic rings. The molecule has 0 N–H and O–H groups in total. The van der Waals surface area contributed by atoms with Crippen LogP contribution in [0.3, 0.4) is 0 Å². The lowest BCUT2D eigenvalue weighted by Gasteiger charge is -2.23. The van der Waals surface area contributed by atoms with Crippen LogP contribution < -0.4 is 4.74 Å². The molecule has 0 spiro atoms. The van der Waals surface area contributed by atoms with Gasteiger partial charge in [-0.1, -0.05) is 6.07 Å². The third-order valence-electron chi connectivity index (χ3n) is 5.14. The molecule has 0 radical (unpaired) electrons. The van der Waals surface area contributed by atoms with Crippen LogP contribution in [0, 0.1) is 11.3 Å². The number of esters is 1. The molecule has 0 amide bonds. The molecule has 1 aliphatic rings. The van der Waals surface area contributed by atoms with Gasteiger partial charge in [-0.15, -0.1) is 0 Å². The van der Waals surface area contributed by atoms with Crippen molar-refractivity contribution >= 4 is 5.97 Å². The van der Waals surface area contributed by atoms with E-state index in [-0.39, 0.29) is 11.8 Å². The number of ether oxygens (including phenoxy) is 3. The van der Waals surface area contributed by atoms with Gasteiger partial charge in [0.15, 0.2) is 0 Å². The highest BCUT2D eigenvalue weighted by molar-refractivity contribution is 5.87. The molecule has 1 aliphatic heterocycles. The van der Waals surface area contributed by atoms with Crippen LogP contribution in [0.2, 0.25) is 0 Å². The largest absolute Gasteiger partial charge is 0.489 e. The van der Waals surface area contributed by atoms with Crippen molar-refractivity contribution in [2.24, 2.45) is 0 Å². The zero-order valence-corrected chi connectivity index (χ0v) is 17.7. The van der Waals surface area contributed by atoms with Crippen LogP contribution in [0.15, 0.2) is 48.8 Å². The van der Waals surface area contributed by atoms with Gasteiger partial charge in [-0.05, 0) is 35.9 Å². The lowest BCUT2D eigenvalue weighted by atomic mass is 10.1. The minimum Gasteiger partial charge on any atom is -0.489 e. The molecule has 3 heterocycles. The molecule has 1 aromatic carbocycles. The standard InChI is InChI=1S/C24H22N4O4/c1-30-24(29)21-4-2-16(15-27-21)12-23-26-9-6-20(28-23)17-3-5-22(18(13-17)14-25)32-19-7-10-31-11-8-19/h2-6,9,13,15,19H,7-8,10-12H2,1H3. The van der Waals surface area contributed by atoms with Gasteiger partial charge < -0.3 is 14.2 Å². The van der Waals surface area contributed by atoms with E-state index in [0.717, 1.165) is 24.0 Å². The Morgan fingerprint density at radius 3 is 2.75 bits per heavy atom. The summed E-state index contributed by atoms with van der Waals surface area (Å²) in [6, 6.07) is 12.9. The Balaban J connectivity index is 1.51. The van der Waals surface area contributed by atoms with E-state index in [0.29, 0.717) is 42.5 Å². The van der Waals surface area contributed by atoms with E-state index in [2.05, 4.69) is 25.8 Å². The Kier molecular flexibility index (Phi) is 6.68. The van der Waals surface area contributed by atoms with E-state index in [1.165, 1.54) is 7.11 Å². The minimum atomic E-state index is -0.479. The van der Waals surface area contributed by atoms with Crippen LogP contribution in [-0.4, -0.2) is 47.3 Å². The molecule has 0 saturated carbocycles. The zero-order valence-electron chi connectivity index (χ0n) is 17.7. The Labute approximate surface area is 185 Å². The summed E-state index contributed by atoms with van der Waals surface area (Å²) in [6.45, 7) is 1.35. The molecule has 162 valence electrons. The number of methoxy groups -OCH3 is 1. The Morgan fingerprint density at radius 1 is 1.19 bits per heavy atom. The number of nitrogens with zero attached hydrogens (tertiary/aromatic N) is 4. The lowest BCUT2D eigenvalue weighted by Crippen LogP contribution is -2.26. The molecule has 0 bridgehead atoms. The van der Waals surface area contributed by atoms with Crippen LogP contribution in [0.5, 0.6) is 5.75 Å². The average molecular weight is 430 g/mol. The van der Waals surface area contributed by atoms with Crippen molar-refractivity contribution < 1.29 is 19.0 Å². The predicted octanol–water partition coefficient (Wildman–Crippen LogP) is 3.35. The third kappa shape index (κ3) is 5.07. The van der Waals surface area contributed by atoms with Crippen molar-refractivity contribution in [3.8, 4) is 23.1 Å². The Hall–Kier alpha value is -3.83. The number of carbonyl (C=O) groups is 1. The van der Waals surface area contributed by atoms with Crippen molar-refractivity contribution in [1.82, 2.24) is 15.0 Å². The maximum atomic E-state index is 11.5. The van der Waals surface area contributed by atoms with Gasteiger partial charge in [-0.3, -0.25) is 0 Å². The van der Waals surface area contributed by atoms with Crippen molar-refractivity contribution in [2.75, 3.05) is 20.3 Å². The fourth-order valence-corrected chi connectivity index (χ4v) is 3.43. The van der Waals surface area contributed by atoms with Gasteiger partial charge >= 0.3 is 5.97 Å². The number of hydrogen-bond donors (Lipinski definition) is 0. The Bertz CT molecular complexity index is 1140. The number of rotatable bonds is 6. The number of carbonyl (C=O) groups excluding carboxylic acids is 1. The zero-order chi connectivity index (χ0) is 22.3. The minimum absolute atomic E-state index is 0.0616. The fourth-order valence-electron chi connectivity index (χ4n) is 3.43. The van der Waals surface area contributed by atoms with Crippen LogP contribution in [0.25, 0.3) is 11.3 Å². The molecule has 0 unspecified atom stereocenters. The van der Waals surface area contributed by atoms with Gasteiger partial charge in [0.25, 0.3) is 0 Å². The molecule has 1 fully saturated rings. The normalized spacial score (nSPS) is 13.9. The summed E-state index contributed by atoms with van der Waals surface area (Å²) in [4.78, 5) is 24.6. The number of nitriles is 1. The van der Waals surface area contributed by atoms with E-state index < -0.39 is 5.97 Å². The van der Waals surface area contributed by atoms with Gasteiger partial charge in [-0.2, -0.15) is 5.26 Å². The summed E-state index contributed by atoms with van der Waals surface area (Å²) in [7, 11) is 1.32. The number of pyridine rings is 1. The van der Waals surface area contributed by atoms with Gasteiger partial charge in [0.05, 0.1) is 31.6 Å². The van der Waals surface area contributed by atoms with Crippen LogP contribution in [0.4, 0.5) is 0 Å². The molecule has 1 saturated heterocycles. The summed E-state index contributed by atoms with van der Waals surface area (Å²) >= 11 is 0. The van der Waals surface area contributed by atoms with Gasteiger partial charge in [0, 0.05) is 37.2 Å². The van der Waals surface area contributed by atoms with E-state index in [1.54, 1.807) is 36.7 Å². The van der Waals surface area contributed by atoms with Crippen LogP contribution in [-0.2, 0) is 15.9 Å². The summed E-state index contributed by atoms with van der Waals surface area (Å²) in [5.41, 5.74) is 3.11. The van der Waals surface area contributed by atoms with Crippen LogP contribution in [0.1, 0.15) is 40.3 Å².